The lowest BCUT2D eigenvalue weighted by Gasteiger charge is -2.29. The Morgan fingerprint density at radius 2 is 1.60 bits per heavy atom. The molecule has 2 aliphatic heterocycles. The average molecular weight is 580 g/mol. The van der Waals surface area contributed by atoms with Crippen molar-refractivity contribution in [2.45, 2.75) is 12.6 Å². The van der Waals surface area contributed by atoms with Gasteiger partial charge in [-0.15, -0.1) is 0 Å². The molecule has 2 saturated heterocycles. The second kappa shape index (κ2) is 13.3. The van der Waals surface area contributed by atoms with Crippen LogP contribution in [0.5, 0.6) is 5.75 Å². The van der Waals surface area contributed by atoms with Gasteiger partial charge in [0.2, 0.25) is 0 Å². The van der Waals surface area contributed by atoms with Gasteiger partial charge in [-0.05, 0) is 42.8 Å². The first kappa shape index (κ1) is 28.8. The molecule has 5 rings (SSSR count). The van der Waals surface area contributed by atoms with Crippen LogP contribution in [0.4, 0.5) is 24.8 Å². The van der Waals surface area contributed by atoms with Crippen LogP contribution in [0.1, 0.15) is 12.0 Å². The molecule has 0 radical (unpaired) electrons. The van der Waals surface area contributed by atoms with Gasteiger partial charge in [-0.25, -0.2) is 9.97 Å². The zero-order chi connectivity index (χ0) is 28.0. The van der Waals surface area contributed by atoms with Crippen molar-refractivity contribution in [3.05, 3.63) is 53.2 Å². The summed E-state index contributed by atoms with van der Waals surface area (Å²) in [5.74, 6) is 1.30. The van der Waals surface area contributed by atoms with Crippen molar-refractivity contribution in [3.8, 4) is 5.75 Å². The fraction of sp³-hybridized carbons (Fsp3) is 0.500. The maximum atomic E-state index is 13.5. The van der Waals surface area contributed by atoms with Crippen LogP contribution in [0.3, 0.4) is 0 Å². The summed E-state index contributed by atoms with van der Waals surface area (Å²) in [5, 5.41) is 1.17. The number of alkyl halides is 3. The predicted molar refractivity (Wildman–Crippen MR) is 148 cm³/mol. The van der Waals surface area contributed by atoms with Crippen molar-refractivity contribution in [1.82, 2.24) is 19.8 Å². The molecule has 2 aromatic heterocycles. The van der Waals surface area contributed by atoms with Crippen molar-refractivity contribution < 1.29 is 27.4 Å². The highest BCUT2D eigenvalue weighted by atomic mass is 35.5. The van der Waals surface area contributed by atoms with E-state index < -0.39 is 11.7 Å². The van der Waals surface area contributed by atoms with E-state index in [0.717, 1.165) is 70.0 Å². The first-order valence-electron chi connectivity index (χ1n) is 13.5. The molecule has 8 nitrogen and oxygen atoms in total. The Kier molecular flexibility index (Phi) is 9.59. The zero-order valence-corrected chi connectivity index (χ0v) is 23.0. The van der Waals surface area contributed by atoms with Gasteiger partial charge in [-0.2, -0.15) is 13.2 Å². The summed E-state index contributed by atoms with van der Waals surface area (Å²) in [5.41, 5.74) is -0.237. The van der Waals surface area contributed by atoms with E-state index in [2.05, 4.69) is 14.8 Å². The number of fused-ring (bicyclic) bond motifs is 1. The molecule has 0 atom stereocenters. The Hall–Kier alpha value is -2.70. The standard InChI is InChI=1S/C28H33ClF3N5O3/c29-23-3-4-24(40-19-14-36-12-17-39-18-13-36)22-2-5-25(34-27(22)23)37(9-1-8-35-10-15-38-16-11-35)26-20-21(6-7-33-26)28(30,31)32/h2-7,20H,1,8-19H2. The number of rotatable bonds is 10. The molecule has 0 aliphatic carbocycles. The van der Waals surface area contributed by atoms with Gasteiger partial charge in [-0.1, -0.05) is 11.6 Å². The lowest BCUT2D eigenvalue weighted by molar-refractivity contribution is -0.137. The molecule has 0 unspecified atom stereocenters. The molecule has 2 fully saturated rings. The maximum Gasteiger partial charge on any atom is 0.416 e. The Morgan fingerprint density at radius 3 is 2.30 bits per heavy atom. The zero-order valence-electron chi connectivity index (χ0n) is 22.2. The van der Waals surface area contributed by atoms with Gasteiger partial charge >= 0.3 is 6.18 Å². The van der Waals surface area contributed by atoms with Gasteiger partial charge in [-0.3, -0.25) is 9.80 Å². The molecule has 2 aliphatic rings. The molecule has 0 N–H and O–H groups in total. The van der Waals surface area contributed by atoms with E-state index in [1.54, 1.807) is 17.0 Å². The molecule has 0 amide bonds. The Labute approximate surface area is 236 Å². The van der Waals surface area contributed by atoms with Crippen LogP contribution in [0.2, 0.25) is 5.02 Å². The van der Waals surface area contributed by atoms with E-state index in [0.29, 0.717) is 54.9 Å². The fourth-order valence-corrected chi connectivity index (χ4v) is 5.11. The lowest BCUT2D eigenvalue weighted by atomic mass is 10.2. The number of hydrogen-bond donors (Lipinski definition) is 0. The Bertz CT molecular complexity index is 1270. The molecule has 216 valence electrons. The van der Waals surface area contributed by atoms with E-state index in [1.165, 1.54) is 6.20 Å². The van der Waals surface area contributed by atoms with Crippen molar-refractivity contribution >= 4 is 34.1 Å². The molecule has 0 saturated carbocycles. The van der Waals surface area contributed by atoms with Crippen LogP contribution in [0, 0.1) is 0 Å². The minimum Gasteiger partial charge on any atom is -0.492 e. The molecule has 0 bridgehead atoms. The number of ether oxygens (including phenoxy) is 3. The van der Waals surface area contributed by atoms with Gasteiger partial charge in [0.05, 0.1) is 42.5 Å². The number of nitrogens with zero attached hydrogens (tertiary/aromatic N) is 5. The summed E-state index contributed by atoms with van der Waals surface area (Å²) in [6, 6.07) is 9.23. The van der Waals surface area contributed by atoms with E-state index in [1.807, 2.05) is 12.1 Å². The van der Waals surface area contributed by atoms with Gasteiger partial charge in [0.1, 0.15) is 24.0 Å². The molecule has 12 heteroatoms. The number of halogens is 4. The minimum absolute atomic E-state index is 0.178. The SMILES string of the molecule is FC(F)(F)c1ccnc(N(CCCN2CCOCC2)c2ccc3c(OCCN4CCOCC4)ccc(Cl)c3n2)c1. The highest BCUT2D eigenvalue weighted by molar-refractivity contribution is 6.35. The summed E-state index contributed by atoms with van der Waals surface area (Å²) < 4.78 is 57.5. The topological polar surface area (TPSA) is 63.2 Å². The third-order valence-corrected chi connectivity index (χ3v) is 7.41. The molecule has 40 heavy (non-hydrogen) atoms. The highest BCUT2D eigenvalue weighted by Gasteiger charge is 2.31. The smallest absolute Gasteiger partial charge is 0.416 e. The first-order valence-corrected chi connectivity index (χ1v) is 13.9. The third-order valence-electron chi connectivity index (χ3n) is 7.11. The first-order chi connectivity index (χ1) is 19.4. The number of morpholine rings is 2. The second-order valence-electron chi connectivity index (χ2n) is 9.77. The average Bonchev–Trinajstić information content (AvgIpc) is 2.97. The van der Waals surface area contributed by atoms with E-state index in [9.17, 15) is 13.2 Å². The lowest BCUT2D eigenvalue weighted by Crippen LogP contribution is -2.38. The normalized spacial score (nSPS) is 17.3. The molecular weight excluding hydrogens is 547 g/mol. The number of benzene rings is 1. The summed E-state index contributed by atoms with van der Waals surface area (Å²) in [6.07, 6.45) is -2.59. The van der Waals surface area contributed by atoms with Crippen molar-refractivity contribution in [3.63, 3.8) is 0 Å². The van der Waals surface area contributed by atoms with Crippen molar-refractivity contribution in [1.29, 1.82) is 0 Å². The van der Waals surface area contributed by atoms with E-state index in [4.69, 9.17) is 30.8 Å². The predicted octanol–water partition coefficient (Wildman–Crippen LogP) is 4.87. The Morgan fingerprint density at radius 1 is 0.900 bits per heavy atom. The van der Waals surface area contributed by atoms with Crippen LogP contribution in [0.15, 0.2) is 42.6 Å². The molecular formula is C28H33ClF3N5O3. The van der Waals surface area contributed by atoms with Gasteiger partial charge < -0.3 is 19.1 Å². The molecule has 3 aromatic rings. The Balaban J connectivity index is 1.39. The minimum atomic E-state index is -4.48. The largest absolute Gasteiger partial charge is 0.492 e. The molecule has 0 spiro atoms. The number of pyridine rings is 2. The monoisotopic (exact) mass is 579 g/mol. The van der Waals surface area contributed by atoms with E-state index in [-0.39, 0.29) is 5.82 Å². The van der Waals surface area contributed by atoms with E-state index >= 15 is 0 Å². The van der Waals surface area contributed by atoms with Gasteiger partial charge in [0.15, 0.2) is 0 Å². The van der Waals surface area contributed by atoms with Crippen LogP contribution in [0.25, 0.3) is 10.9 Å². The second-order valence-corrected chi connectivity index (χ2v) is 10.2. The molecule has 1 aromatic carbocycles. The van der Waals surface area contributed by atoms with Crippen molar-refractivity contribution in [2.75, 3.05) is 83.7 Å². The number of aromatic nitrogens is 2. The van der Waals surface area contributed by atoms with Crippen molar-refractivity contribution in [2.24, 2.45) is 0 Å². The fourth-order valence-electron chi connectivity index (χ4n) is 4.90. The summed E-state index contributed by atoms with van der Waals surface area (Å²) in [4.78, 5) is 15.4. The third kappa shape index (κ3) is 7.32. The van der Waals surface area contributed by atoms with Crippen LogP contribution in [-0.4, -0.2) is 98.6 Å². The van der Waals surface area contributed by atoms with Crippen LogP contribution < -0.4 is 9.64 Å². The summed E-state index contributed by atoms with van der Waals surface area (Å²) >= 11 is 6.56. The quantitative estimate of drug-likeness (QED) is 0.337. The van der Waals surface area contributed by atoms with Crippen LogP contribution >= 0.6 is 11.6 Å². The number of hydrogen-bond acceptors (Lipinski definition) is 8. The summed E-state index contributed by atoms with van der Waals surface area (Å²) in [7, 11) is 0. The molecule has 4 heterocycles. The number of anilines is 2. The summed E-state index contributed by atoms with van der Waals surface area (Å²) in [6.45, 7) is 8.71. The van der Waals surface area contributed by atoms with Crippen LogP contribution in [-0.2, 0) is 15.7 Å². The van der Waals surface area contributed by atoms with Gasteiger partial charge in [0.25, 0.3) is 0 Å². The van der Waals surface area contributed by atoms with Gasteiger partial charge in [0, 0.05) is 57.4 Å². The highest BCUT2D eigenvalue weighted by Crippen LogP contribution is 2.35. The maximum absolute atomic E-state index is 13.5.